The monoisotopic (exact) mass is 352 g/mol. The molecule has 0 aliphatic heterocycles. The number of aliphatic carboxylic acids is 1. The first-order valence-electron chi connectivity index (χ1n) is 9.39. The molecule has 1 aliphatic rings. The summed E-state index contributed by atoms with van der Waals surface area (Å²) >= 11 is 0. The van der Waals surface area contributed by atoms with Gasteiger partial charge in [-0.05, 0) is 25.7 Å². The molecule has 5 heteroatoms. The van der Waals surface area contributed by atoms with Crippen molar-refractivity contribution in [3.8, 4) is 0 Å². The highest BCUT2D eigenvalue weighted by molar-refractivity contribution is 5.84. The minimum absolute atomic E-state index is 0.0535. The number of allylic oxidation sites excluding steroid dienone is 2. The summed E-state index contributed by atoms with van der Waals surface area (Å²) in [5.41, 5.74) is 0. The summed E-state index contributed by atoms with van der Waals surface area (Å²) in [5.74, 6) is -1.26. The van der Waals surface area contributed by atoms with E-state index in [1.54, 1.807) is 12.2 Å². The third kappa shape index (κ3) is 8.45. The van der Waals surface area contributed by atoms with Crippen LogP contribution >= 0.6 is 0 Å². The van der Waals surface area contributed by atoms with E-state index in [9.17, 15) is 19.8 Å². The second-order valence-electron chi connectivity index (χ2n) is 6.86. The normalized spacial score (nSPS) is 25.2. The first-order valence-corrected chi connectivity index (χ1v) is 9.39. The highest BCUT2D eigenvalue weighted by atomic mass is 16.4. The number of unbranched alkanes of at least 4 members (excludes halogenated alkanes) is 3. The number of Topliss-reactive ketones (excluding diaryl/α,β-unsaturated/α-hetero) is 1. The maximum absolute atomic E-state index is 12.1. The van der Waals surface area contributed by atoms with Crippen LogP contribution < -0.4 is 0 Å². The lowest BCUT2D eigenvalue weighted by atomic mass is 9.90. The van der Waals surface area contributed by atoms with Gasteiger partial charge in [0.25, 0.3) is 0 Å². The van der Waals surface area contributed by atoms with Crippen LogP contribution in [0.1, 0.15) is 64.7 Å². The van der Waals surface area contributed by atoms with Crippen molar-refractivity contribution >= 4 is 11.8 Å². The number of carbonyl (C=O) groups is 2. The van der Waals surface area contributed by atoms with Crippen molar-refractivity contribution in [2.24, 2.45) is 11.8 Å². The molecular formula is C20H32O5. The van der Waals surface area contributed by atoms with E-state index < -0.39 is 18.2 Å². The van der Waals surface area contributed by atoms with Gasteiger partial charge in [-0.25, -0.2) is 0 Å². The highest BCUT2D eigenvalue weighted by Crippen LogP contribution is 2.33. The molecule has 1 fully saturated rings. The second-order valence-corrected chi connectivity index (χ2v) is 6.86. The van der Waals surface area contributed by atoms with E-state index in [1.807, 2.05) is 12.2 Å². The molecule has 0 spiro atoms. The quantitative estimate of drug-likeness (QED) is 0.370. The van der Waals surface area contributed by atoms with Crippen molar-refractivity contribution in [1.82, 2.24) is 0 Å². The fourth-order valence-electron chi connectivity index (χ4n) is 3.22. The van der Waals surface area contributed by atoms with Gasteiger partial charge in [-0.2, -0.15) is 0 Å². The molecule has 0 bridgehead atoms. The van der Waals surface area contributed by atoms with E-state index in [-0.39, 0.29) is 30.5 Å². The highest BCUT2D eigenvalue weighted by Gasteiger charge is 2.39. The molecular weight excluding hydrogens is 320 g/mol. The van der Waals surface area contributed by atoms with Crippen LogP contribution in [0.5, 0.6) is 0 Å². The Balaban J connectivity index is 2.48. The number of rotatable bonds is 12. The van der Waals surface area contributed by atoms with Gasteiger partial charge in [-0.3, -0.25) is 9.59 Å². The minimum Gasteiger partial charge on any atom is -0.481 e. The lowest BCUT2D eigenvalue weighted by Gasteiger charge is -2.16. The third-order valence-corrected chi connectivity index (χ3v) is 4.71. The number of carboxylic acids is 1. The van der Waals surface area contributed by atoms with Crippen LogP contribution in [0.4, 0.5) is 0 Å². The Morgan fingerprint density at radius 3 is 2.72 bits per heavy atom. The summed E-state index contributed by atoms with van der Waals surface area (Å²) < 4.78 is 0. The summed E-state index contributed by atoms with van der Waals surface area (Å²) in [7, 11) is 0. The third-order valence-electron chi connectivity index (χ3n) is 4.71. The second kappa shape index (κ2) is 12.0. The number of aliphatic hydroxyl groups excluding tert-OH is 2. The Labute approximate surface area is 150 Å². The zero-order valence-electron chi connectivity index (χ0n) is 15.1. The summed E-state index contributed by atoms with van der Waals surface area (Å²) in [6, 6.07) is 0. The molecule has 0 saturated heterocycles. The van der Waals surface area contributed by atoms with Gasteiger partial charge in [0.1, 0.15) is 5.78 Å². The van der Waals surface area contributed by atoms with E-state index in [2.05, 4.69) is 6.92 Å². The number of carboxylic acid groups (broad SMARTS) is 1. The first kappa shape index (κ1) is 21.6. The van der Waals surface area contributed by atoms with Crippen LogP contribution in [0.3, 0.4) is 0 Å². The summed E-state index contributed by atoms with van der Waals surface area (Å²) in [4.78, 5) is 22.5. The zero-order chi connectivity index (χ0) is 18.7. The molecule has 25 heavy (non-hydrogen) atoms. The van der Waals surface area contributed by atoms with Crippen LogP contribution in [0.2, 0.25) is 0 Å². The number of hydrogen-bond donors (Lipinski definition) is 3. The standard InChI is InChI=1S/C20H32O5/c1-2-3-6-9-15(21)12-13-17-16(18(22)14-19(17)23)10-7-4-5-8-11-20(24)25/h4,7,12-13,15-17,19,21,23H,2-3,5-6,8-11,14H2,1H3,(H,24,25)/t15-,16-,17-,19+/m1/s1. The van der Waals surface area contributed by atoms with E-state index in [4.69, 9.17) is 5.11 Å². The summed E-state index contributed by atoms with van der Waals surface area (Å²) in [6.07, 6.45) is 12.1. The summed E-state index contributed by atoms with van der Waals surface area (Å²) in [6.45, 7) is 2.11. The van der Waals surface area contributed by atoms with Crippen molar-refractivity contribution in [2.45, 2.75) is 76.9 Å². The predicted molar refractivity (Wildman–Crippen MR) is 97.1 cm³/mol. The van der Waals surface area contributed by atoms with Crippen molar-refractivity contribution in [2.75, 3.05) is 0 Å². The number of hydrogen-bond acceptors (Lipinski definition) is 4. The molecule has 0 radical (unpaired) electrons. The van der Waals surface area contributed by atoms with Crippen LogP contribution in [0.15, 0.2) is 24.3 Å². The van der Waals surface area contributed by atoms with Gasteiger partial charge in [0.05, 0.1) is 12.2 Å². The smallest absolute Gasteiger partial charge is 0.303 e. The molecule has 0 unspecified atom stereocenters. The molecule has 1 saturated carbocycles. The topological polar surface area (TPSA) is 94.8 Å². The molecule has 0 aromatic rings. The van der Waals surface area contributed by atoms with Gasteiger partial charge in [0.15, 0.2) is 0 Å². The number of carbonyl (C=O) groups excluding carboxylic acids is 1. The van der Waals surface area contributed by atoms with E-state index in [0.717, 1.165) is 19.3 Å². The Hall–Kier alpha value is -1.46. The lowest BCUT2D eigenvalue weighted by Crippen LogP contribution is -2.18. The van der Waals surface area contributed by atoms with Crippen LogP contribution in [-0.4, -0.2) is 39.3 Å². The fraction of sp³-hybridized carbons (Fsp3) is 0.700. The molecule has 0 heterocycles. The van der Waals surface area contributed by atoms with E-state index >= 15 is 0 Å². The van der Waals surface area contributed by atoms with E-state index in [0.29, 0.717) is 25.7 Å². The molecule has 4 atom stereocenters. The minimum atomic E-state index is -0.801. The maximum Gasteiger partial charge on any atom is 0.303 e. The Bertz CT molecular complexity index is 469. The largest absolute Gasteiger partial charge is 0.481 e. The predicted octanol–water partition coefficient (Wildman–Crippen LogP) is 3.25. The average Bonchev–Trinajstić information content (AvgIpc) is 2.82. The van der Waals surface area contributed by atoms with Crippen LogP contribution in [0.25, 0.3) is 0 Å². The molecule has 142 valence electrons. The van der Waals surface area contributed by atoms with E-state index in [1.165, 1.54) is 0 Å². The molecule has 0 aromatic carbocycles. The maximum atomic E-state index is 12.1. The van der Waals surface area contributed by atoms with Gasteiger partial charge in [-0.15, -0.1) is 0 Å². The van der Waals surface area contributed by atoms with Gasteiger partial charge < -0.3 is 15.3 Å². The molecule has 0 aromatic heterocycles. The Morgan fingerprint density at radius 1 is 1.28 bits per heavy atom. The molecule has 5 nitrogen and oxygen atoms in total. The average molecular weight is 352 g/mol. The van der Waals surface area contributed by atoms with Crippen molar-refractivity contribution in [3.05, 3.63) is 24.3 Å². The lowest BCUT2D eigenvalue weighted by molar-refractivity contribution is -0.137. The Kier molecular flexibility index (Phi) is 10.3. The molecule has 1 aliphatic carbocycles. The molecule has 1 rings (SSSR count). The Morgan fingerprint density at radius 2 is 2.04 bits per heavy atom. The van der Waals surface area contributed by atoms with Gasteiger partial charge >= 0.3 is 5.97 Å². The SMILES string of the molecule is CCCCC[C@@H](O)C=C[C@H]1[C@@H](O)CC(=O)[C@@H]1CC=CCCCC(=O)O. The van der Waals surface area contributed by atoms with Crippen molar-refractivity contribution in [1.29, 1.82) is 0 Å². The van der Waals surface area contributed by atoms with Crippen molar-refractivity contribution < 1.29 is 24.9 Å². The number of aliphatic hydroxyl groups is 2. The van der Waals surface area contributed by atoms with Crippen LogP contribution in [-0.2, 0) is 9.59 Å². The first-order chi connectivity index (χ1) is 12.0. The van der Waals surface area contributed by atoms with Gasteiger partial charge in [0.2, 0.25) is 0 Å². The number of ketones is 1. The van der Waals surface area contributed by atoms with Crippen LogP contribution in [0, 0.1) is 11.8 Å². The summed E-state index contributed by atoms with van der Waals surface area (Å²) in [5, 5.41) is 28.7. The molecule has 3 N–H and O–H groups in total. The fourth-order valence-corrected chi connectivity index (χ4v) is 3.22. The molecule has 0 amide bonds. The van der Waals surface area contributed by atoms with Crippen molar-refractivity contribution in [3.63, 3.8) is 0 Å². The van der Waals surface area contributed by atoms with Gasteiger partial charge in [-0.1, -0.05) is 50.5 Å². The van der Waals surface area contributed by atoms with Gasteiger partial charge in [0, 0.05) is 24.7 Å². The zero-order valence-corrected chi connectivity index (χ0v) is 15.1.